The first-order chi connectivity index (χ1) is 14.6. The second-order valence-corrected chi connectivity index (χ2v) is 9.94. The zero-order chi connectivity index (χ0) is 22.5. The minimum Gasteiger partial charge on any atom is -0.391 e. The van der Waals surface area contributed by atoms with E-state index in [-0.39, 0.29) is 17.3 Å². The summed E-state index contributed by atoms with van der Waals surface area (Å²) in [5, 5.41) is 6.45. The zero-order valence-electron chi connectivity index (χ0n) is 17.1. The van der Waals surface area contributed by atoms with Crippen LogP contribution < -0.4 is 5.76 Å². The van der Waals surface area contributed by atoms with E-state index in [1.54, 1.807) is 32.0 Å². The van der Waals surface area contributed by atoms with Gasteiger partial charge >= 0.3 is 5.76 Å². The highest BCUT2D eigenvalue weighted by molar-refractivity contribution is 7.89. The van der Waals surface area contributed by atoms with Crippen molar-refractivity contribution in [2.45, 2.75) is 44.0 Å². The van der Waals surface area contributed by atoms with Crippen LogP contribution in [0, 0.1) is 19.7 Å². The molecule has 0 aliphatic carbocycles. The van der Waals surface area contributed by atoms with Gasteiger partial charge < -0.3 is 4.42 Å². The van der Waals surface area contributed by atoms with Crippen LogP contribution in [0.3, 0.4) is 0 Å². The van der Waals surface area contributed by atoms with Crippen LogP contribution in [-0.4, -0.2) is 29.5 Å². The number of hydrogen-bond acceptors (Lipinski definition) is 5. The highest BCUT2D eigenvalue weighted by atomic mass is 35.5. The molecule has 4 rings (SSSR count). The van der Waals surface area contributed by atoms with E-state index in [1.807, 2.05) is 6.92 Å². The van der Waals surface area contributed by atoms with Gasteiger partial charge in [-0.1, -0.05) is 30.7 Å². The van der Waals surface area contributed by atoms with Crippen molar-refractivity contribution in [1.82, 2.24) is 14.5 Å². The molecule has 164 valence electrons. The molecule has 0 saturated heterocycles. The van der Waals surface area contributed by atoms with Gasteiger partial charge in [0.15, 0.2) is 0 Å². The van der Waals surface area contributed by atoms with Gasteiger partial charge in [0.05, 0.1) is 4.90 Å². The first kappa shape index (κ1) is 21.7. The van der Waals surface area contributed by atoms with Crippen molar-refractivity contribution in [2.75, 3.05) is 6.54 Å². The molecular weight excluding hydrogens is 445 g/mol. The minimum atomic E-state index is -4.02. The Morgan fingerprint density at radius 2 is 2.00 bits per heavy atom. The Bertz CT molecular complexity index is 1320. The van der Waals surface area contributed by atoms with E-state index in [1.165, 1.54) is 16.4 Å². The standard InChI is InChI=1S/C21H21ClFN3O4S/c1-11-7-8-16(23)18(12(11)2)13(3)19(20-24-25-21(27)30-20)26-10-9-14-15(22)5-4-6-17(14)31(26,28)29/h4-8,13,19H,9-10H2,1-3H3,(H,25,27)/t13-,19+/m1/s1. The summed E-state index contributed by atoms with van der Waals surface area (Å²) < 4.78 is 48.4. The summed E-state index contributed by atoms with van der Waals surface area (Å²) in [5.41, 5.74) is 2.45. The van der Waals surface area contributed by atoms with Crippen LogP contribution in [-0.2, 0) is 16.4 Å². The number of H-pyrrole nitrogens is 1. The number of aromatic nitrogens is 2. The Morgan fingerprint density at radius 3 is 2.68 bits per heavy atom. The first-order valence-electron chi connectivity index (χ1n) is 9.73. The van der Waals surface area contributed by atoms with E-state index in [4.69, 9.17) is 16.0 Å². The molecular formula is C21H21ClFN3O4S. The number of nitrogens with zero attached hydrogens (tertiary/aromatic N) is 2. The lowest BCUT2D eigenvalue weighted by atomic mass is 9.87. The second kappa shape index (κ2) is 7.89. The molecule has 10 heteroatoms. The number of rotatable bonds is 4. The van der Waals surface area contributed by atoms with Crippen LogP contribution in [0.2, 0.25) is 5.02 Å². The lowest BCUT2D eigenvalue weighted by Crippen LogP contribution is -2.42. The third kappa shape index (κ3) is 3.60. The van der Waals surface area contributed by atoms with Gasteiger partial charge in [-0.05, 0) is 60.7 Å². The van der Waals surface area contributed by atoms with Crippen molar-refractivity contribution in [3.63, 3.8) is 0 Å². The molecule has 1 aliphatic rings. The molecule has 1 aromatic heterocycles. The third-order valence-corrected chi connectivity index (χ3v) is 8.24. The molecule has 1 aliphatic heterocycles. The maximum absolute atomic E-state index is 14.9. The number of aryl methyl sites for hydroxylation is 1. The predicted octanol–water partition coefficient (Wildman–Crippen LogP) is 3.86. The van der Waals surface area contributed by atoms with Crippen molar-refractivity contribution in [1.29, 1.82) is 0 Å². The Hall–Kier alpha value is -2.49. The fourth-order valence-corrected chi connectivity index (χ4v) is 6.51. The smallest absolute Gasteiger partial charge is 0.391 e. The van der Waals surface area contributed by atoms with Gasteiger partial charge in [0.25, 0.3) is 0 Å². The second-order valence-electron chi connectivity index (χ2n) is 7.67. The van der Waals surface area contributed by atoms with Gasteiger partial charge in [-0.2, -0.15) is 4.31 Å². The van der Waals surface area contributed by atoms with E-state index < -0.39 is 33.6 Å². The topological polar surface area (TPSA) is 96.3 Å². The molecule has 3 aromatic rings. The third-order valence-electron chi connectivity index (χ3n) is 5.92. The summed E-state index contributed by atoms with van der Waals surface area (Å²) in [6.45, 7) is 5.41. The Morgan fingerprint density at radius 1 is 1.26 bits per heavy atom. The maximum atomic E-state index is 14.9. The molecule has 7 nitrogen and oxygen atoms in total. The number of halogens is 2. The summed E-state index contributed by atoms with van der Waals surface area (Å²) >= 11 is 6.22. The fraction of sp³-hybridized carbons (Fsp3) is 0.333. The fourth-order valence-electron chi connectivity index (χ4n) is 4.26. The SMILES string of the molecule is Cc1ccc(F)c([C@@H](C)[C@@H](c2n[nH]c(=O)o2)N2CCc3c(Cl)cccc3S2(=O)=O)c1C. The van der Waals surface area contributed by atoms with Crippen LogP contribution in [0.15, 0.2) is 44.4 Å². The van der Waals surface area contributed by atoms with Gasteiger partial charge in [-0.25, -0.2) is 22.7 Å². The number of fused-ring (bicyclic) bond motifs is 1. The maximum Gasteiger partial charge on any atom is 0.434 e. The summed E-state index contributed by atoms with van der Waals surface area (Å²) in [7, 11) is -4.02. The van der Waals surface area contributed by atoms with Crippen LogP contribution in [0.4, 0.5) is 4.39 Å². The average molecular weight is 466 g/mol. The molecule has 0 amide bonds. The van der Waals surface area contributed by atoms with Crippen molar-refractivity contribution in [2.24, 2.45) is 0 Å². The Kier molecular flexibility index (Phi) is 5.53. The molecule has 1 N–H and O–H groups in total. The van der Waals surface area contributed by atoms with E-state index in [0.29, 0.717) is 28.1 Å². The quantitative estimate of drug-likeness (QED) is 0.631. The monoisotopic (exact) mass is 465 g/mol. The largest absolute Gasteiger partial charge is 0.434 e. The highest BCUT2D eigenvalue weighted by Gasteiger charge is 2.43. The molecule has 0 bridgehead atoms. The van der Waals surface area contributed by atoms with Crippen molar-refractivity contribution >= 4 is 21.6 Å². The summed E-state index contributed by atoms with van der Waals surface area (Å²) in [6.07, 6.45) is 0.362. The van der Waals surface area contributed by atoms with E-state index >= 15 is 0 Å². The molecule has 0 spiro atoms. The molecule has 0 unspecified atom stereocenters. The van der Waals surface area contributed by atoms with Crippen LogP contribution in [0.1, 0.15) is 47.0 Å². The number of sulfonamides is 1. The number of benzene rings is 2. The number of hydrogen-bond donors (Lipinski definition) is 1. The number of aromatic amines is 1. The van der Waals surface area contributed by atoms with Crippen molar-refractivity contribution in [3.05, 3.63) is 79.9 Å². The van der Waals surface area contributed by atoms with Crippen LogP contribution in [0.5, 0.6) is 0 Å². The van der Waals surface area contributed by atoms with Crippen LogP contribution in [0.25, 0.3) is 0 Å². The van der Waals surface area contributed by atoms with Crippen LogP contribution >= 0.6 is 11.6 Å². The van der Waals surface area contributed by atoms with Crippen molar-refractivity contribution < 1.29 is 17.2 Å². The van der Waals surface area contributed by atoms with Gasteiger partial charge in [0.1, 0.15) is 11.9 Å². The predicted molar refractivity (Wildman–Crippen MR) is 113 cm³/mol. The summed E-state index contributed by atoms with van der Waals surface area (Å²) in [4.78, 5) is 11.8. The van der Waals surface area contributed by atoms with Gasteiger partial charge in [-0.15, -0.1) is 5.10 Å². The molecule has 0 saturated carbocycles. The summed E-state index contributed by atoms with van der Waals surface area (Å²) in [6, 6.07) is 6.69. The first-order valence-corrected chi connectivity index (χ1v) is 11.5. The van der Waals surface area contributed by atoms with Gasteiger partial charge in [0, 0.05) is 17.5 Å². The average Bonchev–Trinajstić information content (AvgIpc) is 3.13. The molecule has 0 radical (unpaired) electrons. The Labute approximate surface area is 183 Å². The van der Waals surface area contributed by atoms with Gasteiger partial charge in [-0.3, -0.25) is 0 Å². The molecule has 0 fully saturated rings. The molecule has 2 aromatic carbocycles. The zero-order valence-corrected chi connectivity index (χ0v) is 18.7. The van der Waals surface area contributed by atoms with E-state index in [2.05, 4.69) is 10.2 Å². The molecule has 2 atom stereocenters. The van der Waals surface area contributed by atoms with Crippen molar-refractivity contribution in [3.8, 4) is 0 Å². The van der Waals surface area contributed by atoms with Gasteiger partial charge in [0.2, 0.25) is 15.9 Å². The highest BCUT2D eigenvalue weighted by Crippen LogP contribution is 2.43. The van der Waals surface area contributed by atoms with E-state index in [0.717, 1.165) is 5.56 Å². The lowest BCUT2D eigenvalue weighted by Gasteiger charge is -2.36. The molecule has 31 heavy (non-hydrogen) atoms. The van der Waals surface area contributed by atoms with E-state index in [9.17, 15) is 17.6 Å². The Balaban J connectivity index is 1.90. The summed E-state index contributed by atoms with van der Waals surface area (Å²) in [5.74, 6) is -2.09. The molecule has 2 heterocycles. The number of nitrogens with one attached hydrogen (secondary N) is 1. The normalized spacial score (nSPS) is 17.8. The lowest BCUT2D eigenvalue weighted by molar-refractivity contribution is 0.236. The minimum absolute atomic E-state index is 0.0805.